The zero-order valence-electron chi connectivity index (χ0n) is 17.7. The van der Waals surface area contributed by atoms with Crippen LogP contribution in [0.15, 0.2) is 0 Å². The van der Waals surface area contributed by atoms with Crippen LogP contribution in [0.5, 0.6) is 0 Å². The van der Waals surface area contributed by atoms with E-state index in [-0.39, 0.29) is 0 Å². The Morgan fingerprint density at radius 2 is 1.00 bits per heavy atom. The summed E-state index contributed by atoms with van der Waals surface area (Å²) in [5.41, 5.74) is -1.16. The molecule has 8 N–H and O–H groups in total. The number of rotatable bonds is 17. The second-order valence-corrected chi connectivity index (χ2v) is 9.40. The quantitative estimate of drug-likeness (QED) is 0.119. The molecule has 0 aliphatic carbocycles. The smallest absolute Gasteiger partial charge is 0.334 e. The predicted molar refractivity (Wildman–Crippen MR) is 115 cm³/mol. The average Bonchev–Trinajstić information content (AvgIpc) is 2.64. The van der Waals surface area contributed by atoms with Crippen molar-refractivity contribution in [1.29, 1.82) is 0 Å². The maximum Gasteiger partial charge on any atom is 0.334 e. The standard InChI is InChI=1S/C18H38O4.H4O5P2/c1-16(2)11-9-7-5-3-4-6-8-10-12-17(22)18(13-19,14-20)15-21;1-6(2)5-7(3)4/h16-17,19-22H,3-15H2,1-2H3;1-4H. The average molecular weight is 464 g/mol. The molecule has 0 spiro atoms. The Morgan fingerprint density at radius 1 is 0.655 bits per heavy atom. The van der Waals surface area contributed by atoms with E-state index >= 15 is 0 Å². The summed E-state index contributed by atoms with van der Waals surface area (Å²) in [7, 11) is -5.22. The molecule has 0 saturated carbocycles. The third-order valence-corrected chi connectivity index (χ3v) is 5.98. The van der Waals surface area contributed by atoms with Crippen molar-refractivity contribution < 1.29 is 44.3 Å². The van der Waals surface area contributed by atoms with E-state index in [2.05, 4.69) is 18.2 Å². The van der Waals surface area contributed by atoms with Crippen LogP contribution >= 0.6 is 17.2 Å². The van der Waals surface area contributed by atoms with E-state index in [9.17, 15) is 20.4 Å². The largest absolute Gasteiger partial charge is 0.396 e. The Hall–Kier alpha value is 0.500. The van der Waals surface area contributed by atoms with E-state index < -0.39 is 48.5 Å². The van der Waals surface area contributed by atoms with Gasteiger partial charge in [-0.15, -0.1) is 0 Å². The fourth-order valence-electron chi connectivity index (χ4n) is 2.79. The maximum absolute atomic E-state index is 10.0. The first-order valence-electron chi connectivity index (χ1n) is 10.2. The lowest BCUT2D eigenvalue weighted by molar-refractivity contribution is -0.0863. The third-order valence-electron chi connectivity index (χ3n) is 4.81. The minimum atomic E-state index is -2.61. The summed E-state index contributed by atoms with van der Waals surface area (Å²) in [6.45, 7) is 3.37. The first kappa shape index (κ1) is 31.7. The molecule has 11 heteroatoms. The molecule has 1 unspecified atom stereocenters. The highest BCUT2D eigenvalue weighted by Crippen LogP contribution is 2.41. The van der Waals surface area contributed by atoms with E-state index in [4.69, 9.17) is 19.6 Å². The Labute approximate surface area is 177 Å². The minimum Gasteiger partial charge on any atom is -0.396 e. The monoisotopic (exact) mass is 464 g/mol. The Morgan fingerprint density at radius 3 is 1.28 bits per heavy atom. The van der Waals surface area contributed by atoms with Crippen molar-refractivity contribution in [2.24, 2.45) is 11.3 Å². The zero-order valence-corrected chi connectivity index (χ0v) is 19.5. The lowest BCUT2D eigenvalue weighted by Gasteiger charge is -2.32. The van der Waals surface area contributed by atoms with Crippen LogP contribution in [0, 0.1) is 11.3 Å². The molecule has 0 aliphatic heterocycles. The fourth-order valence-corrected chi connectivity index (χ4v) is 3.31. The molecule has 29 heavy (non-hydrogen) atoms. The van der Waals surface area contributed by atoms with Gasteiger partial charge in [-0.1, -0.05) is 71.6 Å². The molecular weight excluding hydrogens is 422 g/mol. The molecule has 0 fully saturated rings. The molecule has 0 bridgehead atoms. The van der Waals surface area contributed by atoms with Gasteiger partial charge in [-0.25, -0.2) is 4.31 Å². The van der Waals surface area contributed by atoms with Gasteiger partial charge in [0.2, 0.25) is 0 Å². The van der Waals surface area contributed by atoms with Crippen molar-refractivity contribution >= 4 is 17.2 Å². The van der Waals surface area contributed by atoms with Crippen molar-refractivity contribution in [3.8, 4) is 0 Å². The second-order valence-electron chi connectivity index (χ2n) is 7.74. The molecule has 0 radical (unpaired) electrons. The van der Waals surface area contributed by atoms with Gasteiger partial charge in [-0.3, -0.25) is 0 Å². The van der Waals surface area contributed by atoms with Gasteiger partial charge in [0.15, 0.2) is 0 Å². The molecule has 0 aromatic heterocycles. The zero-order chi connectivity index (χ0) is 22.7. The lowest BCUT2D eigenvalue weighted by Crippen LogP contribution is -2.45. The normalized spacial score (nSPS) is 13.1. The van der Waals surface area contributed by atoms with Crippen molar-refractivity contribution in [2.45, 2.75) is 84.2 Å². The first-order chi connectivity index (χ1) is 13.6. The lowest BCUT2D eigenvalue weighted by atomic mass is 9.82. The Bertz CT molecular complexity index is 329. The maximum atomic E-state index is 10.0. The van der Waals surface area contributed by atoms with Crippen LogP contribution in [0.1, 0.15) is 78.1 Å². The molecule has 0 saturated heterocycles. The van der Waals surface area contributed by atoms with Gasteiger partial charge < -0.3 is 40.0 Å². The molecular formula is C18H42O9P2. The number of aliphatic hydroxyl groups is 4. The van der Waals surface area contributed by atoms with E-state index in [1.54, 1.807) is 0 Å². The SMILES string of the molecule is CC(C)CCCCCCCCCCC(O)C(CO)(CO)CO.OP(O)OP(O)O. The van der Waals surface area contributed by atoms with Gasteiger partial charge >= 0.3 is 17.2 Å². The van der Waals surface area contributed by atoms with Gasteiger partial charge in [-0.2, -0.15) is 0 Å². The molecule has 0 heterocycles. The van der Waals surface area contributed by atoms with Gasteiger partial charge in [-0.05, 0) is 12.3 Å². The molecule has 178 valence electrons. The highest BCUT2D eigenvalue weighted by molar-refractivity contribution is 7.53. The van der Waals surface area contributed by atoms with Gasteiger partial charge in [0.05, 0.1) is 31.3 Å². The van der Waals surface area contributed by atoms with E-state index in [0.29, 0.717) is 6.42 Å². The van der Waals surface area contributed by atoms with Crippen LogP contribution in [-0.2, 0) is 4.31 Å². The van der Waals surface area contributed by atoms with Crippen molar-refractivity contribution in [3.05, 3.63) is 0 Å². The summed E-state index contributed by atoms with van der Waals surface area (Å²) in [6, 6.07) is 0. The summed E-state index contributed by atoms with van der Waals surface area (Å²) in [4.78, 5) is 31.3. The molecule has 0 aromatic carbocycles. The molecule has 0 aromatic rings. The molecule has 0 rings (SSSR count). The Balaban J connectivity index is 0. The number of hydrogen-bond acceptors (Lipinski definition) is 9. The van der Waals surface area contributed by atoms with Gasteiger partial charge in [0, 0.05) is 0 Å². The predicted octanol–water partition coefficient (Wildman–Crippen LogP) is 2.29. The van der Waals surface area contributed by atoms with Crippen LogP contribution < -0.4 is 0 Å². The van der Waals surface area contributed by atoms with Crippen molar-refractivity contribution in [1.82, 2.24) is 0 Å². The van der Waals surface area contributed by atoms with E-state index in [1.807, 2.05) is 0 Å². The summed E-state index contributed by atoms with van der Waals surface area (Å²) in [6.07, 6.45) is 10.6. The van der Waals surface area contributed by atoms with Crippen LogP contribution in [0.25, 0.3) is 0 Å². The van der Waals surface area contributed by atoms with Crippen LogP contribution in [0.3, 0.4) is 0 Å². The summed E-state index contributed by atoms with van der Waals surface area (Å²) < 4.78 is 3.60. The fraction of sp³-hybridized carbons (Fsp3) is 1.00. The summed E-state index contributed by atoms with van der Waals surface area (Å²) >= 11 is 0. The topological polar surface area (TPSA) is 171 Å². The van der Waals surface area contributed by atoms with Gasteiger partial charge in [0.1, 0.15) is 0 Å². The highest BCUT2D eigenvalue weighted by atomic mass is 31.2. The van der Waals surface area contributed by atoms with Crippen LogP contribution in [0.2, 0.25) is 0 Å². The molecule has 9 nitrogen and oxygen atoms in total. The van der Waals surface area contributed by atoms with Crippen LogP contribution in [-0.4, -0.2) is 65.9 Å². The van der Waals surface area contributed by atoms with Crippen LogP contribution in [0.4, 0.5) is 0 Å². The number of hydrogen-bond donors (Lipinski definition) is 8. The Kier molecular flexibility index (Phi) is 22.3. The summed E-state index contributed by atoms with van der Waals surface area (Å²) in [5.74, 6) is 0.815. The number of unbranched alkanes of at least 4 members (excludes halogenated alkanes) is 7. The minimum absolute atomic E-state index is 0.391. The molecule has 0 amide bonds. The summed E-state index contributed by atoms with van der Waals surface area (Å²) in [5, 5.41) is 37.8. The van der Waals surface area contributed by atoms with Crippen molar-refractivity contribution in [2.75, 3.05) is 19.8 Å². The first-order valence-corrected chi connectivity index (χ1v) is 12.5. The number of aliphatic hydroxyl groups excluding tert-OH is 4. The molecule has 1 atom stereocenters. The third kappa shape index (κ3) is 18.9. The van der Waals surface area contributed by atoms with Crippen molar-refractivity contribution in [3.63, 3.8) is 0 Å². The van der Waals surface area contributed by atoms with Gasteiger partial charge in [0.25, 0.3) is 0 Å². The highest BCUT2D eigenvalue weighted by Gasteiger charge is 2.35. The second kappa shape index (κ2) is 20.4. The molecule has 0 aliphatic rings. The van der Waals surface area contributed by atoms with E-state index in [1.165, 1.54) is 44.9 Å². The van der Waals surface area contributed by atoms with E-state index in [0.717, 1.165) is 18.8 Å².